The van der Waals surface area contributed by atoms with Crippen LogP contribution in [0.15, 0.2) is 53.4 Å². The van der Waals surface area contributed by atoms with Gasteiger partial charge in [0.1, 0.15) is 10.6 Å². The predicted molar refractivity (Wildman–Crippen MR) is 125 cm³/mol. The lowest BCUT2D eigenvalue weighted by molar-refractivity contribution is -0.145. The van der Waals surface area contributed by atoms with E-state index in [0.29, 0.717) is 37.8 Å². The smallest absolute Gasteiger partial charge is 0.306 e. The Labute approximate surface area is 199 Å². The number of aliphatic carboxylic acids is 1. The van der Waals surface area contributed by atoms with E-state index in [1.807, 2.05) is 31.2 Å². The third-order valence-electron chi connectivity index (χ3n) is 7.50. The molecule has 6 nitrogen and oxygen atoms in total. The maximum Gasteiger partial charge on any atom is 0.306 e. The normalized spacial score (nSPS) is 25.3. The summed E-state index contributed by atoms with van der Waals surface area (Å²) in [6.07, 6.45) is 2.97. The molecule has 8 heteroatoms. The molecule has 0 aromatic heterocycles. The first-order valence-corrected chi connectivity index (χ1v) is 13.3. The molecule has 1 N–H and O–H groups in total. The van der Waals surface area contributed by atoms with E-state index in [1.54, 1.807) is 4.90 Å². The highest BCUT2D eigenvalue weighted by Crippen LogP contribution is 2.44. The number of carboxylic acid groups (broad SMARTS) is 1. The molecule has 1 amide bonds. The summed E-state index contributed by atoms with van der Waals surface area (Å²) in [5.74, 6) is -2.15. The minimum Gasteiger partial charge on any atom is -0.481 e. The van der Waals surface area contributed by atoms with Gasteiger partial charge in [0.05, 0.1) is 10.8 Å². The zero-order valence-corrected chi connectivity index (χ0v) is 20.1. The van der Waals surface area contributed by atoms with Crippen molar-refractivity contribution >= 4 is 21.7 Å². The number of amides is 1. The summed E-state index contributed by atoms with van der Waals surface area (Å²) >= 11 is 0. The van der Waals surface area contributed by atoms with Crippen molar-refractivity contribution < 1.29 is 27.5 Å². The fourth-order valence-corrected chi connectivity index (χ4v) is 7.39. The standard InChI is InChI=1S/C26H30FNO5S/c1-2-18-3-9-21(10-4-18)26(34(32,33)23-13-11-22(27)12-14-23)15-16-28(17-26)24(29)19-5-7-20(8-6-19)25(30)31/h3-4,9-14,19-20H,2,5-8,15-17H2,1H3,(H,30,31)/t19-,20-,26-/m0/s1. The summed E-state index contributed by atoms with van der Waals surface area (Å²) < 4.78 is 40.1. The van der Waals surface area contributed by atoms with E-state index in [4.69, 9.17) is 0 Å². The minimum atomic E-state index is -3.95. The van der Waals surface area contributed by atoms with Gasteiger partial charge < -0.3 is 10.0 Å². The van der Waals surface area contributed by atoms with Crippen LogP contribution in [0.5, 0.6) is 0 Å². The lowest BCUT2D eigenvalue weighted by Crippen LogP contribution is -2.42. The zero-order valence-electron chi connectivity index (χ0n) is 19.2. The molecule has 2 aromatic carbocycles. The van der Waals surface area contributed by atoms with Crippen LogP contribution in [0.25, 0.3) is 0 Å². The Hall–Kier alpha value is -2.74. The second-order valence-corrected chi connectivity index (χ2v) is 11.7. The van der Waals surface area contributed by atoms with Gasteiger partial charge in [-0.05, 0) is 73.9 Å². The molecule has 1 aliphatic carbocycles. The van der Waals surface area contributed by atoms with Crippen LogP contribution in [0.1, 0.15) is 50.2 Å². The van der Waals surface area contributed by atoms with Crippen molar-refractivity contribution in [3.63, 3.8) is 0 Å². The molecule has 0 spiro atoms. The Kier molecular flexibility index (Phi) is 6.80. The molecule has 1 aliphatic heterocycles. The van der Waals surface area contributed by atoms with Crippen LogP contribution in [0.3, 0.4) is 0 Å². The van der Waals surface area contributed by atoms with E-state index >= 15 is 0 Å². The quantitative estimate of drug-likeness (QED) is 0.617. The number of likely N-dealkylation sites (tertiary alicyclic amines) is 1. The highest BCUT2D eigenvalue weighted by atomic mass is 32.2. The molecule has 0 unspecified atom stereocenters. The van der Waals surface area contributed by atoms with E-state index in [9.17, 15) is 27.5 Å². The summed E-state index contributed by atoms with van der Waals surface area (Å²) in [5.41, 5.74) is 1.71. The molecular weight excluding hydrogens is 457 g/mol. The lowest BCUT2D eigenvalue weighted by atomic mass is 9.81. The van der Waals surface area contributed by atoms with Crippen LogP contribution >= 0.6 is 0 Å². The van der Waals surface area contributed by atoms with Crippen LogP contribution in [0.4, 0.5) is 4.39 Å². The fraction of sp³-hybridized carbons (Fsp3) is 0.462. The Bertz CT molecular complexity index is 1150. The summed E-state index contributed by atoms with van der Waals surface area (Å²) in [6.45, 7) is 2.35. The van der Waals surface area contributed by atoms with E-state index in [-0.39, 0.29) is 29.7 Å². The van der Waals surface area contributed by atoms with Crippen LogP contribution in [0.2, 0.25) is 0 Å². The van der Waals surface area contributed by atoms with Crippen molar-refractivity contribution in [3.05, 3.63) is 65.5 Å². The van der Waals surface area contributed by atoms with Crippen LogP contribution in [-0.4, -0.2) is 43.4 Å². The first-order valence-electron chi connectivity index (χ1n) is 11.8. The first-order chi connectivity index (χ1) is 16.2. The number of halogens is 1. The van der Waals surface area contributed by atoms with Gasteiger partial charge in [0.25, 0.3) is 0 Å². The van der Waals surface area contributed by atoms with E-state index in [0.717, 1.165) is 24.1 Å². The maximum absolute atomic E-state index is 14.0. The summed E-state index contributed by atoms with van der Waals surface area (Å²) in [5, 5.41) is 9.24. The fourth-order valence-electron chi connectivity index (χ4n) is 5.31. The molecule has 182 valence electrons. The molecule has 1 atom stereocenters. The SMILES string of the molecule is CCc1ccc([C@]2(S(=O)(=O)c3ccc(F)cc3)CCN(C(=O)[C@H]3CC[C@H](C(=O)O)CC3)C2)cc1. The summed E-state index contributed by atoms with van der Waals surface area (Å²) in [6, 6.07) is 12.3. The molecule has 34 heavy (non-hydrogen) atoms. The molecule has 1 saturated heterocycles. The second kappa shape index (κ2) is 9.49. The van der Waals surface area contributed by atoms with Crippen LogP contribution in [-0.2, 0) is 30.6 Å². The van der Waals surface area contributed by atoms with Gasteiger partial charge >= 0.3 is 5.97 Å². The van der Waals surface area contributed by atoms with Gasteiger partial charge in [-0.15, -0.1) is 0 Å². The average molecular weight is 488 g/mol. The highest BCUT2D eigenvalue weighted by Gasteiger charge is 2.52. The number of sulfone groups is 1. The summed E-state index contributed by atoms with van der Waals surface area (Å²) in [4.78, 5) is 26.3. The van der Waals surface area contributed by atoms with Crippen LogP contribution < -0.4 is 0 Å². The third kappa shape index (κ3) is 4.35. The maximum atomic E-state index is 14.0. The van der Waals surface area contributed by atoms with Crippen LogP contribution in [0, 0.1) is 17.7 Å². The van der Waals surface area contributed by atoms with E-state index in [2.05, 4.69) is 0 Å². The van der Waals surface area contributed by atoms with Crippen molar-refractivity contribution in [2.24, 2.45) is 11.8 Å². The Morgan fingerprint density at radius 3 is 2.15 bits per heavy atom. The van der Waals surface area contributed by atoms with Gasteiger partial charge in [0, 0.05) is 19.0 Å². The number of carboxylic acids is 1. The number of nitrogens with zero attached hydrogens (tertiary/aromatic N) is 1. The van der Waals surface area contributed by atoms with E-state index < -0.39 is 32.3 Å². The monoisotopic (exact) mass is 487 g/mol. The van der Waals surface area contributed by atoms with Gasteiger partial charge in [-0.2, -0.15) is 0 Å². The van der Waals surface area contributed by atoms with Crippen molar-refractivity contribution in [2.45, 2.75) is 55.1 Å². The van der Waals surface area contributed by atoms with Gasteiger partial charge in [-0.3, -0.25) is 9.59 Å². The number of hydrogen-bond acceptors (Lipinski definition) is 4. The summed E-state index contributed by atoms with van der Waals surface area (Å²) in [7, 11) is -3.95. The largest absolute Gasteiger partial charge is 0.481 e. The Morgan fingerprint density at radius 2 is 1.59 bits per heavy atom. The van der Waals surface area contributed by atoms with Crippen molar-refractivity contribution in [1.82, 2.24) is 4.90 Å². The molecular formula is C26H30FNO5S. The molecule has 0 bridgehead atoms. The molecule has 4 rings (SSSR count). The molecule has 2 aromatic rings. The van der Waals surface area contributed by atoms with Gasteiger partial charge in [0.15, 0.2) is 9.84 Å². The molecule has 0 radical (unpaired) electrons. The number of carbonyl (C=O) groups excluding carboxylic acids is 1. The first kappa shape index (κ1) is 24.4. The van der Waals surface area contributed by atoms with Crippen molar-refractivity contribution in [3.8, 4) is 0 Å². The van der Waals surface area contributed by atoms with Gasteiger partial charge in [-0.25, -0.2) is 12.8 Å². The Balaban J connectivity index is 1.65. The highest BCUT2D eigenvalue weighted by molar-refractivity contribution is 7.92. The molecule has 1 heterocycles. The molecule has 2 fully saturated rings. The second-order valence-electron chi connectivity index (χ2n) is 9.40. The molecule has 1 saturated carbocycles. The number of benzene rings is 2. The Morgan fingerprint density at radius 1 is 1.00 bits per heavy atom. The topological polar surface area (TPSA) is 91.8 Å². The minimum absolute atomic E-state index is 0.0237. The predicted octanol–water partition coefficient (Wildman–Crippen LogP) is 4.18. The molecule has 2 aliphatic rings. The van der Waals surface area contributed by atoms with E-state index in [1.165, 1.54) is 12.1 Å². The number of hydrogen-bond donors (Lipinski definition) is 1. The number of rotatable bonds is 6. The van der Waals surface area contributed by atoms with Gasteiger partial charge in [-0.1, -0.05) is 31.2 Å². The van der Waals surface area contributed by atoms with Crippen molar-refractivity contribution in [2.75, 3.05) is 13.1 Å². The zero-order chi connectivity index (χ0) is 24.5. The lowest BCUT2D eigenvalue weighted by Gasteiger charge is -2.32. The van der Waals surface area contributed by atoms with Gasteiger partial charge in [0.2, 0.25) is 5.91 Å². The van der Waals surface area contributed by atoms with Crippen molar-refractivity contribution in [1.29, 1.82) is 0 Å². The number of carbonyl (C=O) groups is 2. The third-order valence-corrected chi connectivity index (χ3v) is 9.99. The average Bonchev–Trinajstić information content (AvgIpc) is 3.31. The number of aryl methyl sites for hydroxylation is 1.